The zero-order valence-electron chi connectivity index (χ0n) is 8.48. The van der Waals surface area contributed by atoms with Crippen LogP contribution in [0.1, 0.15) is 40.0 Å². The lowest BCUT2D eigenvalue weighted by Gasteiger charge is -2.08. The summed E-state index contributed by atoms with van der Waals surface area (Å²) in [7, 11) is 0. The zero-order chi connectivity index (χ0) is 9.40. The van der Waals surface area contributed by atoms with Gasteiger partial charge in [0.25, 0.3) is 0 Å². The molecule has 74 valence electrons. The minimum Gasteiger partial charge on any atom is -0.381 e. The van der Waals surface area contributed by atoms with Crippen LogP contribution < -0.4 is 0 Å². The molecule has 0 radical (unpaired) electrons. The van der Waals surface area contributed by atoms with Crippen LogP contribution in [-0.4, -0.2) is 18.0 Å². The predicted octanol–water partition coefficient (Wildman–Crippen LogP) is 3.61. The van der Waals surface area contributed by atoms with Crippen molar-refractivity contribution in [1.82, 2.24) is 0 Å². The lowest BCUT2D eigenvalue weighted by atomic mass is 10.2. The van der Waals surface area contributed by atoms with Crippen molar-refractivity contribution in [3.8, 4) is 0 Å². The van der Waals surface area contributed by atoms with Crippen molar-refractivity contribution in [2.45, 2.75) is 44.9 Å². The highest BCUT2D eigenvalue weighted by Crippen LogP contribution is 2.11. The fourth-order valence-electron chi connectivity index (χ4n) is 0.930. The van der Waals surface area contributed by atoms with Gasteiger partial charge in [0.15, 0.2) is 0 Å². The summed E-state index contributed by atoms with van der Waals surface area (Å²) in [5, 5.41) is 0. The van der Waals surface area contributed by atoms with Gasteiger partial charge in [0.1, 0.15) is 0 Å². The Kier molecular flexibility index (Phi) is 8.35. The van der Waals surface area contributed by atoms with Gasteiger partial charge in [0.05, 0.1) is 0 Å². The van der Waals surface area contributed by atoms with Gasteiger partial charge in [-0.25, -0.2) is 0 Å². The molecule has 0 amide bonds. The highest BCUT2D eigenvalue weighted by atomic mass is 79.9. The zero-order valence-corrected chi connectivity index (χ0v) is 10.1. The first kappa shape index (κ1) is 12.4. The molecular weight excluding hydrogens is 216 g/mol. The van der Waals surface area contributed by atoms with E-state index in [0.717, 1.165) is 13.2 Å². The van der Waals surface area contributed by atoms with Crippen LogP contribution in [0.25, 0.3) is 0 Å². The van der Waals surface area contributed by atoms with E-state index in [1.54, 1.807) is 0 Å². The minimum atomic E-state index is 0.663. The van der Waals surface area contributed by atoms with E-state index in [1.165, 1.54) is 19.3 Å². The van der Waals surface area contributed by atoms with Crippen LogP contribution in [0.3, 0.4) is 0 Å². The van der Waals surface area contributed by atoms with Gasteiger partial charge in [-0.1, -0.05) is 36.7 Å². The fraction of sp³-hybridized carbons (Fsp3) is 1.00. The topological polar surface area (TPSA) is 9.23 Å². The van der Waals surface area contributed by atoms with Crippen molar-refractivity contribution in [1.29, 1.82) is 0 Å². The first-order chi connectivity index (χ1) is 5.66. The molecule has 1 unspecified atom stereocenters. The Balaban J connectivity index is 3.00. The van der Waals surface area contributed by atoms with Gasteiger partial charge in [-0.2, -0.15) is 0 Å². The van der Waals surface area contributed by atoms with Crippen LogP contribution in [0.5, 0.6) is 0 Å². The highest BCUT2D eigenvalue weighted by molar-refractivity contribution is 9.09. The number of hydrogen-bond acceptors (Lipinski definition) is 1. The number of ether oxygens (including phenoxy) is 1. The molecule has 1 nitrogen and oxygen atoms in total. The average molecular weight is 237 g/mol. The Bertz CT molecular complexity index is 93.8. The second-order valence-corrected chi connectivity index (χ2v) is 4.91. The average Bonchev–Trinajstić information content (AvgIpc) is 2.03. The highest BCUT2D eigenvalue weighted by Gasteiger charge is 2.00. The van der Waals surface area contributed by atoms with Gasteiger partial charge in [-0.15, -0.1) is 0 Å². The van der Waals surface area contributed by atoms with Gasteiger partial charge in [-0.3, -0.25) is 0 Å². The number of rotatable bonds is 7. The maximum atomic E-state index is 5.47. The molecule has 0 aliphatic heterocycles. The molecule has 0 bridgehead atoms. The van der Waals surface area contributed by atoms with E-state index in [-0.39, 0.29) is 0 Å². The van der Waals surface area contributed by atoms with E-state index in [0.29, 0.717) is 10.7 Å². The Morgan fingerprint density at radius 2 is 2.00 bits per heavy atom. The molecule has 0 aromatic carbocycles. The van der Waals surface area contributed by atoms with Gasteiger partial charge < -0.3 is 4.74 Å². The third kappa shape index (κ3) is 8.54. The molecule has 0 aliphatic rings. The van der Waals surface area contributed by atoms with Crippen molar-refractivity contribution in [3.63, 3.8) is 0 Å². The summed E-state index contributed by atoms with van der Waals surface area (Å²) < 4.78 is 5.47. The Morgan fingerprint density at radius 3 is 2.50 bits per heavy atom. The Morgan fingerprint density at radius 1 is 1.33 bits per heavy atom. The molecule has 0 saturated heterocycles. The van der Waals surface area contributed by atoms with Crippen molar-refractivity contribution >= 4 is 15.9 Å². The van der Waals surface area contributed by atoms with Crippen LogP contribution in [0.15, 0.2) is 0 Å². The lowest BCUT2D eigenvalue weighted by Crippen LogP contribution is -2.05. The third-order valence-corrected chi connectivity index (χ3v) is 2.81. The van der Waals surface area contributed by atoms with Gasteiger partial charge >= 0.3 is 0 Å². The molecule has 0 spiro atoms. The summed E-state index contributed by atoms with van der Waals surface area (Å²) in [4.78, 5) is 0.681. The molecule has 0 saturated carbocycles. The second kappa shape index (κ2) is 8.06. The smallest absolute Gasteiger partial charge is 0.0488 e. The van der Waals surface area contributed by atoms with E-state index in [1.807, 2.05) is 0 Å². The molecule has 0 heterocycles. The van der Waals surface area contributed by atoms with Crippen molar-refractivity contribution in [3.05, 3.63) is 0 Å². The first-order valence-corrected chi connectivity index (χ1v) is 5.80. The van der Waals surface area contributed by atoms with Crippen LogP contribution in [0.2, 0.25) is 0 Å². The van der Waals surface area contributed by atoms with Crippen LogP contribution in [0, 0.1) is 5.92 Å². The number of alkyl halides is 1. The molecule has 0 aromatic rings. The molecule has 12 heavy (non-hydrogen) atoms. The van der Waals surface area contributed by atoms with Crippen LogP contribution in [0.4, 0.5) is 0 Å². The summed E-state index contributed by atoms with van der Waals surface area (Å²) in [5.41, 5.74) is 0. The molecule has 0 N–H and O–H groups in total. The number of halogens is 1. The van der Waals surface area contributed by atoms with E-state index in [2.05, 4.69) is 36.7 Å². The van der Waals surface area contributed by atoms with E-state index in [4.69, 9.17) is 4.74 Å². The van der Waals surface area contributed by atoms with E-state index < -0.39 is 0 Å². The molecule has 0 aromatic heterocycles. The SMILES string of the molecule is CCC(Br)CCCOCC(C)C. The molecule has 0 aliphatic carbocycles. The third-order valence-electron chi connectivity index (χ3n) is 1.70. The lowest BCUT2D eigenvalue weighted by molar-refractivity contribution is 0.107. The van der Waals surface area contributed by atoms with Gasteiger partial charge in [0, 0.05) is 18.0 Å². The standard InChI is InChI=1S/C10H21BrO/c1-4-10(11)6-5-7-12-8-9(2)3/h9-10H,4-8H2,1-3H3. The Hall–Kier alpha value is 0.440. The first-order valence-electron chi connectivity index (χ1n) is 4.88. The van der Waals surface area contributed by atoms with Crippen LogP contribution >= 0.6 is 15.9 Å². The molecule has 0 fully saturated rings. The van der Waals surface area contributed by atoms with E-state index in [9.17, 15) is 0 Å². The van der Waals surface area contributed by atoms with E-state index >= 15 is 0 Å². The summed E-state index contributed by atoms with van der Waals surface area (Å²) in [6.45, 7) is 8.38. The predicted molar refractivity (Wildman–Crippen MR) is 57.9 cm³/mol. The van der Waals surface area contributed by atoms with Gasteiger partial charge in [-0.05, 0) is 25.2 Å². The summed E-state index contributed by atoms with van der Waals surface area (Å²) in [6, 6.07) is 0. The molecule has 1 atom stereocenters. The van der Waals surface area contributed by atoms with Crippen molar-refractivity contribution in [2.75, 3.05) is 13.2 Å². The molecule has 0 rings (SSSR count). The second-order valence-electron chi connectivity index (χ2n) is 3.62. The fourth-order valence-corrected chi connectivity index (χ4v) is 1.25. The number of hydrogen-bond donors (Lipinski definition) is 0. The van der Waals surface area contributed by atoms with Crippen LogP contribution in [-0.2, 0) is 4.74 Å². The van der Waals surface area contributed by atoms with Crippen molar-refractivity contribution < 1.29 is 4.74 Å². The Labute approximate surface area is 85.0 Å². The maximum absolute atomic E-state index is 5.47. The molecular formula is C10H21BrO. The van der Waals surface area contributed by atoms with Gasteiger partial charge in [0.2, 0.25) is 0 Å². The summed E-state index contributed by atoms with van der Waals surface area (Å²) in [6.07, 6.45) is 3.62. The largest absolute Gasteiger partial charge is 0.381 e. The summed E-state index contributed by atoms with van der Waals surface area (Å²) in [5.74, 6) is 0.663. The van der Waals surface area contributed by atoms with Crippen molar-refractivity contribution in [2.24, 2.45) is 5.92 Å². The maximum Gasteiger partial charge on any atom is 0.0488 e. The minimum absolute atomic E-state index is 0.663. The normalized spacial score (nSPS) is 13.8. The molecule has 2 heteroatoms. The quantitative estimate of drug-likeness (QED) is 0.485. The summed E-state index contributed by atoms with van der Waals surface area (Å²) >= 11 is 3.60. The monoisotopic (exact) mass is 236 g/mol.